The van der Waals surface area contributed by atoms with Gasteiger partial charge in [-0.1, -0.05) is 36.2 Å². The maximum atomic E-state index is 12.2. The lowest BCUT2D eigenvalue weighted by atomic mass is 10.0. The van der Waals surface area contributed by atoms with E-state index in [1.54, 1.807) is 12.1 Å². The summed E-state index contributed by atoms with van der Waals surface area (Å²) in [4.78, 5) is 14.4. The first-order valence-electron chi connectivity index (χ1n) is 6.40. The zero-order valence-corrected chi connectivity index (χ0v) is 12.4. The van der Waals surface area contributed by atoms with Crippen LogP contribution < -0.4 is 0 Å². The van der Waals surface area contributed by atoms with Crippen molar-refractivity contribution in [1.29, 1.82) is 0 Å². The van der Waals surface area contributed by atoms with Crippen LogP contribution in [0.2, 0.25) is 10.0 Å². The van der Waals surface area contributed by atoms with Gasteiger partial charge in [0.15, 0.2) is 5.78 Å². The number of carbonyl (C=O) groups is 1. The first-order chi connectivity index (χ1) is 9.10. The molecule has 3 nitrogen and oxygen atoms in total. The van der Waals surface area contributed by atoms with E-state index < -0.39 is 0 Å². The van der Waals surface area contributed by atoms with E-state index in [4.69, 9.17) is 27.9 Å². The van der Waals surface area contributed by atoms with Crippen LogP contribution in [0.5, 0.6) is 0 Å². The van der Waals surface area contributed by atoms with Crippen LogP contribution in [-0.4, -0.2) is 43.0 Å². The lowest BCUT2D eigenvalue weighted by Crippen LogP contribution is -2.46. The van der Waals surface area contributed by atoms with E-state index in [0.717, 1.165) is 18.7 Å². The summed E-state index contributed by atoms with van der Waals surface area (Å²) >= 11 is 11.8. The van der Waals surface area contributed by atoms with E-state index in [1.165, 1.54) is 0 Å². The van der Waals surface area contributed by atoms with Crippen LogP contribution in [0.15, 0.2) is 18.2 Å². The number of halogens is 2. The highest BCUT2D eigenvalue weighted by molar-refractivity contribution is 6.42. The number of nitrogens with zero attached hydrogens (tertiary/aromatic N) is 1. The van der Waals surface area contributed by atoms with Crippen molar-refractivity contribution in [2.24, 2.45) is 0 Å². The van der Waals surface area contributed by atoms with Crippen molar-refractivity contribution in [3.8, 4) is 0 Å². The second-order valence-electron chi connectivity index (χ2n) is 4.64. The number of likely N-dealkylation sites (N-methyl/N-ethyl adjacent to an activating group) is 1. The molecule has 1 fully saturated rings. The van der Waals surface area contributed by atoms with Crippen molar-refractivity contribution in [1.82, 2.24) is 4.90 Å². The molecule has 1 aliphatic heterocycles. The Balaban J connectivity index is 1.98. The SMILES string of the molecule is CCN1CCOC(C(=O)Cc2ccc(Cl)c(Cl)c2)C1. The second-order valence-corrected chi connectivity index (χ2v) is 5.46. The van der Waals surface area contributed by atoms with E-state index >= 15 is 0 Å². The number of ketones is 1. The van der Waals surface area contributed by atoms with E-state index in [2.05, 4.69) is 11.8 Å². The molecule has 2 rings (SSSR count). The molecule has 19 heavy (non-hydrogen) atoms. The van der Waals surface area contributed by atoms with Gasteiger partial charge in [-0.2, -0.15) is 0 Å². The van der Waals surface area contributed by atoms with E-state index in [9.17, 15) is 4.79 Å². The summed E-state index contributed by atoms with van der Waals surface area (Å²) in [6.07, 6.45) is 0.00204. The molecule has 0 aliphatic carbocycles. The number of carbonyl (C=O) groups excluding carboxylic acids is 1. The molecular formula is C14H17Cl2NO2. The first-order valence-corrected chi connectivity index (χ1v) is 7.16. The van der Waals surface area contributed by atoms with Crippen LogP contribution >= 0.6 is 23.2 Å². The van der Waals surface area contributed by atoms with E-state index in [0.29, 0.717) is 29.6 Å². The van der Waals surface area contributed by atoms with Crippen LogP contribution in [0.4, 0.5) is 0 Å². The molecule has 0 N–H and O–H groups in total. The van der Waals surface area contributed by atoms with Gasteiger partial charge in [-0.05, 0) is 24.2 Å². The summed E-state index contributed by atoms with van der Waals surface area (Å²) in [7, 11) is 0. The lowest BCUT2D eigenvalue weighted by molar-refractivity contribution is -0.135. The molecule has 1 unspecified atom stereocenters. The molecule has 0 saturated carbocycles. The van der Waals surface area contributed by atoms with Gasteiger partial charge < -0.3 is 4.74 Å². The lowest BCUT2D eigenvalue weighted by Gasteiger charge is -2.31. The molecule has 1 saturated heterocycles. The standard InChI is InChI=1S/C14H17Cl2NO2/c1-2-17-5-6-19-14(9-17)13(18)8-10-3-4-11(15)12(16)7-10/h3-4,7,14H,2,5-6,8-9H2,1H3. The minimum Gasteiger partial charge on any atom is -0.368 e. The fourth-order valence-corrected chi connectivity index (χ4v) is 2.47. The summed E-state index contributed by atoms with van der Waals surface area (Å²) in [6.45, 7) is 5.22. The Bertz CT molecular complexity index is 465. The normalized spacial score (nSPS) is 20.5. The summed E-state index contributed by atoms with van der Waals surface area (Å²) < 4.78 is 5.55. The minimum atomic E-state index is -0.330. The molecule has 1 aromatic rings. The first kappa shape index (κ1) is 14.8. The van der Waals surface area contributed by atoms with Gasteiger partial charge in [0.2, 0.25) is 0 Å². The molecule has 1 aromatic carbocycles. The monoisotopic (exact) mass is 301 g/mol. The van der Waals surface area contributed by atoms with Gasteiger partial charge in [0.05, 0.1) is 16.7 Å². The van der Waals surface area contributed by atoms with Gasteiger partial charge in [-0.3, -0.25) is 9.69 Å². The predicted octanol–water partition coefficient (Wildman–Crippen LogP) is 2.83. The van der Waals surface area contributed by atoms with Crippen LogP contribution in [0.3, 0.4) is 0 Å². The molecular weight excluding hydrogens is 285 g/mol. The number of hydrogen-bond donors (Lipinski definition) is 0. The van der Waals surface area contributed by atoms with Gasteiger partial charge in [-0.25, -0.2) is 0 Å². The van der Waals surface area contributed by atoms with Gasteiger partial charge in [-0.15, -0.1) is 0 Å². The molecule has 1 heterocycles. The van der Waals surface area contributed by atoms with Gasteiger partial charge in [0.1, 0.15) is 6.10 Å². The average Bonchev–Trinajstić information content (AvgIpc) is 2.43. The zero-order valence-electron chi connectivity index (χ0n) is 10.9. The minimum absolute atomic E-state index is 0.0940. The van der Waals surface area contributed by atoms with Crippen LogP contribution in [0.1, 0.15) is 12.5 Å². The second kappa shape index (κ2) is 6.71. The third-order valence-electron chi connectivity index (χ3n) is 3.32. The van der Waals surface area contributed by atoms with E-state index in [1.807, 2.05) is 6.07 Å². The quantitative estimate of drug-likeness (QED) is 0.856. The Labute approximate surface area is 123 Å². The number of ether oxygens (including phenoxy) is 1. The number of benzene rings is 1. The topological polar surface area (TPSA) is 29.5 Å². The Morgan fingerprint density at radius 3 is 2.89 bits per heavy atom. The maximum Gasteiger partial charge on any atom is 0.167 e. The number of Topliss-reactive ketones (excluding diaryl/α,β-unsaturated/α-hetero) is 1. The van der Waals surface area contributed by atoms with Gasteiger partial charge in [0, 0.05) is 19.5 Å². The molecule has 104 valence electrons. The smallest absolute Gasteiger partial charge is 0.167 e. The third kappa shape index (κ3) is 3.93. The van der Waals surface area contributed by atoms with Crippen molar-refractivity contribution >= 4 is 29.0 Å². The van der Waals surface area contributed by atoms with Crippen molar-refractivity contribution < 1.29 is 9.53 Å². The van der Waals surface area contributed by atoms with Crippen LogP contribution in [-0.2, 0) is 16.0 Å². The molecule has 0 bridgehead atoms. The van der Waals surface area contributed by atoms with Crippen molar-refractivity contribution in [3.05, 3.63) is 33.8 Å². The summed E-state index contributed by atoms with van der Waals surface area (Å²) in [5, 5.41) is 0.982. The molecule has 0 spiro atoms. The molecule has 1 aliphatic rings. The van der Waals surface area contributed by atoms with E-state index in [-0.39, 0.29) is 11.9 Å². The Kier molecular flexibility index (Phi) is 5.22. The fraction of sp³-hybridized carbons (Fsp3) is 0.500. The fourth-order valence-electron chi connectivity index (χ4n) is 2.15. The Hall–Kier alpha value is -0.610. The Morgan fingerprint density at radius 1 is 1.42 bits per heavy atom. The number of rotatable bonds is 4. The zero-order chi connectivity index (χ0) is 13.8. The molecule has 1 atom stereocenters. The Morgan fingerprint density at radius 2 is 2.21 bits per heavy atom. The summed E-state index contributed by atoms with van der Waals surface area (Å²) in [5.74, 6) is 0.0940. The predicted molar refractivity (Wildman–Crippen MR) is 77.0 cm³/mol. The summed E-state index contributed by atoms with van der Waals surface area (Å²) in [6, 6.07) is 5.28. The number of hydrogen-bond acceptors (Lipinski definition) is 3. The molecule has 0 amide bonds. The van der Waals surface area contributed by atoms with Gasteiger partial charge >= 0.3 is 0 Å². The highest BCUT2D eigenvalue weighted by Crippen LogP contribution is 2.23. The summed E-state index contributed by atoms with van der Waals surface area (Å²) in [5.41, 5.74) is 0.872. The molecule has 5 heteroatoms. The molecule has 0 aromatic heterocycles. The average molecular weight is 302 g/mol. The van der Waals surface area contributed by atoms with Crippen molar-refractivity contribution in [2.45, 2.75) is 19.4 Å². The van der Waals surface area contributed by atoms with Crippen LogP contribution in [0, 0.1) is 0 Å². The largest absolute Gasteiger partial charge is 0.368 e. The number of morpholine rings is 1. The van der Waals surface area contributed by atoms with Crippen LogP contribution in [0.25, 0.3) is 0 Å². The van der Waals surface area contributed by atoms with Gasteiger partial charge in [0.25, 0.3) is 0 Å². The molecule has 0 radical (unpaired) electrons. The highest BCUT2D eigenvalue weighted by atomic mass is 35.5. The maximum absolute atomic E-state index is 12.2. The third-order valence-corrected chi connectivity index (χ3v) is 4.06. The van der Waals surface area contributed by atoms with Crippen molar-refractivity contribution in [3.63, 3.8) is 0 Å². The highest BCUT2D eigenvalue weighted by Gasteiger charge is 2.25. The van der Waals surface area contributed by atoms with Crippen molar-refractivity contribution in [2.75, 3.05) is 26.2 Å².